The van der Waals surface area contributed by atoms with Gasteiger partial charge in [0.2, 0.25) is 10.0 Å². The summed E-state index contributed by atoms with van der Waals surface area (Å²) in [6.07, 6.45) is 0. The molecule has 5 nitrogen and oxygen atoms in total. The first kappa shape index (κ1) is 9.54. The fourth-order valence-corrected chi connectivity index (χ4v) is 0.989. The van der Waals surface area contributed by atoms with Crippen molar-refractivity contribution in [3.8, 4) is 0 Å². The average Bonchev–Trinajstić information content (AvgIpc) is 1.60. The van der Waals surface area contributed by atoms with Crippen LogP contribution in [0.5, 0.6) is 0 Å². The minimum atomic E-state index is -3.70. The van der Waals surface area contributed by atoms with E-state index in [0.29, 0.717) is 0 Å². The Morgan fingerprint density at radius 2 is 2.00 bits per heavy atom. The van der Waals surface area contributed by atoms with E-state index in [1.54, 1.807) is 0 Å². The highest BCUT2D eigenvalue weighted by Crippen LogP contribution is 1.84. The van der Waals surface area contributed by atoms with Gasteiger partial charge in [0.05, 0.1) is 6.04 Å². The molecule has 0 aromatic rings. The quantitative estimate of drug-likeness (QED) is 0.515. The van der Waals surface area contributed by atoms with Gasteiger partial charge in [-0.05, 0) is 6.92 Å². The van der Waals surface area contributed by atoms with Crippen LogP contribution < -0.4 is 10.9 Å². The minimum absolute atomic E-state index is 0.567. The average molecular weight is 166 g/mol. The summed E-state index contributed by atoms with van der Waals surface area (Å²) in [5, 5.41) is 4.57. The van der Waals surface area contributed by atoms with Crippen molar-refractivity contribution >= 4 is 15.8 Å². The Morgan fingerprint density at radius 1 is 1.60 bits per heavy atom. The Hall–Kier alpha value is -0.460. The van der Waals surface area contributed by atoms with Crippen LogP contribution in [-0.2, 0) is 14.8 Å². The zero-order chi connectivity index (χ0) is 8.36. The van der Waals surface area contributed by atoms with Crippen molar-refractivity contribution in [1.82, 2.24) is 0 Å². The van der Waals surface area contributed by atoms with Gasteiger partial charge < -0.3 is 5.73 Å². The summed E-state index contributed by atoms with van der Waals surface area (Å²) in [7, 11) is -3.70. The van der Waals surface area contributed by atoms with Crippen molar-refractivity contribution in [2.75, 3.05) is 5.75 Å². The zero-order valence-electron chi connectivity index (χ0n) is 5.57. The van der Waals surface area contributed by atoms with E-state index in [-0.39, 0.29) is 0 Å². The molecule has 4 N–H and O–H groups in total. The molecule has 0 saturated heterocycles. The molecule has 0 saturated carbocycles. The summed E-state index contributed by atoms with van der Waals surface area (Å²) in [5.41, 5.74) is 5.07. The van der Waals surface area contributed by atoms with Crippen LogP contribution in [0.2, 0.25) is 0 Å². The van der Waals surface area contributed by atoms with Crippen molar-refractivity contribution in [1.29, 1.82) is 0 Å². The summed E-state index contributed by atoms with van der Waals surface area (Å²) < 4.78 is 20.5. The molecular formula is C4H10N2O3S. The van der Waals surface area contributed by atoms with Crippen LogP contribution in [0.4, 0.5) is 0 Å². The third-order valence-corrected chi connectivity index (χ3v) is 1.54. The number of nitrogens with two attached hydrogens (primary N) is 2. The van der Waals surface area contributed by atoms with Gasteiger partial charge in [0, 0.05) is 0 Å². The van der Waals surface area contributed by atoms with Crippen LogP contribution in [0, 0.1) is 0 Å². The molecule has 0 spiro atoms. The Kier molecular flexibility index (Phi) is 2.95. The summed E-state index contributed by atoms with van der Waals surface area (Å²) in [5.74, 6) is -1.24. The van der Waals surface area contributed by atoms with E-state index in [1.165, 1.54) is 6.92 Å². The molecule has 0 rings (SSSR count). The van der Waals surface area contributed by atoms with Gasteiger partial charge in [-0.25, -0.2) is 13.6 Å². The van der Waals surface area contributed by atoms with E-state index in [4.69, 9.17) is 5.73 Å². The second-order valence-electron chi connectivity index (χ2n) is 2.06. The molecule has 0 radical (unpaired) electrons. The molecule has 0 aliphatic rings. The zero-order valence-corrected chi connectivity index (χ0v) is 6.39. The number of primary sulfonamides is 1. The Bertz CT molecular complexity index is 219. The van der Waals surface area contributed by atoms with Gasteiger partial charge in [-0.1, -0.05) is 0 Å². The van der Waals surface area contributed by atoms with Gasteiger partial charge in [0.15, 0.2) is 5.78 Å². The first-order valence-corrected chi connectivity index (χ1v) is 4.33. The largest absolute Gasteiger partial charge is 0.322 e. The molecule has 6 heteroatoms. The maximum atomic E-state index is 10.6. The van der Waals surface area contributed by atoms with Crippen molar-refractivity contribution in [3.05, 3.63) is 0 Å². The molecule has 0 heterocycles. The number of ketones is 1. The maximum Gasteiger partial charge on any atom is 0.216 e. The molecule has 0 aromatic carbocycles. The smallest absolute Gasteiger partial charge is 0.216 e. The van der Waals surface area contributed by atoms with Gasteiger partial charge in [0.1, 0.15) is 5.75 Å². The Morgan fingerprint density at radius 3 is 2.10 bits per heavy atom. The monoisotopic (exact) mass is 166 g/mol. The number of hydrogen-bond acceptors (Lipinski definition) is 4. The molecular weight excluding hydrogens is 156 g/mol. The fraction of sp³-hybridized carbons (Fsp3) is 0.750. The van der Waals surface area contributed by atoms with E-state index in [2.05, 4.69) is 5.14 Å². The fourth-order valence-electron chi connectivity index (χ4n) is 0.330. The van der Waals surface area contributed by atoms with E-state index in [0.717, 1.165) is 0 Å². The molecule has 1 atom stereocenters. The second-order valence-corrected chi connectivity index (χ2v) is 3.68. The lowest BCUT2D eigenvalue weighted by atomic mass is 10.3. The van der Waals surface area contributed by atoms with Crippen LogP contribution in [-0.4, -0.2) is 26.0 Å². The van der Waals surface area contributed by atoms with E-state index in [9.17, 15) is 13.2 Å². The minimum Gasteiger partial charge on any atom is -0.322 e. The van der Waals surface area contributed by atoms with Gasteiger partial charge in [0.25, 0.3) is 0 Å². The molecule has 0 aliphatic carbocycles. The molecule has 60 valence electrons. The van der Waals surface area contributed by atoms with Crippen molar-refractivity contribution in [3.63, 3.8) is 0 Å². The van der Waals surface area contributed by atoms with Gasteiger partial charge >= 0.3 is 0 Å². The molecule has 0 fully saturated rings. The molecule has 10 heavy (non-hydrogen) atoms. The van der Waals surface area contributed by atoms with Crippen LogP contribution in [0.3, 0.4) is 0 Å². The Balaban J connectivity index is 4.07. The van der Waals surface area contributed by atoms with Gasteiger partial charge in [-0.3, -0.25) is 4.79 Å². The maximum absolute atomic E-state index is 10.6. The van der Waals surface area contributed by atoms with Crippen molar-refractivity contribution < 1.29 is 13.2 Å². The van der Waals surface area contributed by atoms with E-state index in [1.807, 2.05) is 0 Å². The molecule has 0 aromatic heterocycles. The van der Waals surface area contributed by atoms with Gasteiger partial charge in [-0.2, -0.15) is 0 Å². The lowest BCUT2D eigenvalue weighted by molar-refractivity contribution is -0.117. The molecule has 0 unspecified atom stereocenters. The van der Waals surface area contributed by atoms with E-state index >= 15 is 0 Å². The van der Waals surface area contributed by atoms with Crippen molar-refractivity contribution in [2.24, 2.45) is 10.9 Å². The number of carbonyl (C=O) groups is 1. The van der Waals surface area contributed by atoms with Crippen LogP contribution >= 0.6 is 0 Å². The normalized spacial score (nSPS) is 14.7. The third-order valence-electron chi connectivity index (χ3n) is 0.851. The number of hydrogen-bond donors (Lipinski definition) is 2. The Labute approximate surface area is 59.4 Å². The lowest BCUT2D eigenvalue weighted by Gasteiger charge is -2.00. The van der Waals surface area contributed by atoms with Crippen LogP contribution in [0.15, 0.2) is 0 Å². The highest BCUT2D eigenvalue weighted by atomic mass is 32.2. The second kappa shape index (κ2) is 3.09. The predicted molar refractivity (Wildman–Crippen MR) is 36.6 cm³/mol. The number of sulfonamides is 1. The van der Waals surface area contributed by atoms with Gasteiger partial charge in [-0.15, -0.1) is 0 Å². The summed E-state index contributed by atoms with van der Waals surface area (Å²) in [6, 6.07) is -0.765. The third kappa shape index (κ3) is 4.42. The van der Waals surface area contributed by atoms with E-state index < -0.39 is 27.6 Å². The standard InChI is InChI=1S/C4H10N2O3S/c1-3(5)4(7)2-10(6,8)9/h3H,2,5H2,1H3,(H2,6,8,9)/t3-/m0/s1. The number of carbonyl (C=O) groups excluding carboxylic acids is 1. The SMILES string of the molecule is C[C@H](N)C(=O)CS(N)(=O)=O. The number of rotatable bonds is 3. The lowest BCUT2D eigenvalue weighted by Crippen LogP contribution is -2.34. The molecule has 0 bridgehead atoms. The summed E-state index contributed by atoms with van der Waals surface area (Å²) >= 11 is 0. The summed E-state index contributed by atoms with van der Waals surface area (Å²) in [6.45, 7) is 1.41. The number of Topliss-reactive ketones (excluding diaryl/α,β-unsaturated/α-hetero) is 1. The predicted octanol–water partition coefficient (Wildman–Crippen LogP) is -1.81. The molecule has 0 amide bonds. The van der Waals surface area contributed by atoms with Crippen molar-refractivity contribution in [2.45, 2.75) is 13.0 Å². The molecule has 0 aliphatic heterocycles. The first-order chi connectivity index (χ1) is 4.33. The van der Waals surface area contributed by atoms with Crippen LogP contribution in [0.1, 0.15) is 6.92 Å². The highest BCUT2D eigenvalue weighted by Gasteiger charge is 2.14. The first-order valence-electron chi connectivity index (χ1n) is 2.61. The summed E-state index contributed by atoms with van der Waals surface area (Å²) in [4.78, 5) is 10.6. The topological polar surface area (TPSA) is 103 Å². The highest BCUT2D eigenvalue weighted by molar-refractivity contribution is 7.89. The van der Waals surface area contributed by atoms with Crippen LogP contribution in [0.25, 0.3) is 0 Å².